The summed E-state index contributed by atoms with van der Waals surface area (Å²) in [6, 6.07) is 34.6. The van der Waals surface area contributed by atoms with Crippen molar-refractivity contribution in [3.8, 4) is 34.1 Å². The molecular formula is C36H25N3O. The molecule has 1 aromatic heterocycles. The fourth-order valence-corrected chi connectivity index (χ4v) is 4.49. The number of nitrogens with zero attached hydrogens (tertiary/aromatic N) is 3. The van der Waals surface area contributed by atoms with E-state index in [1.807, 2.05) is 91.0 Å². The number of methoxy groups -OCH3 is 1. The summed E-state index contributed by atoms with van der Waals surface area (Å²) in [4.78, 5) is 7.55. The van der Waals surface area contributed by atoms with Crippen molar-refractivity contribution >= 4 is 22.4 Å². The van der Waals surface area contributed by atoms with E-state index in [1.165, 1.54) is 0 Å². The van der Waals surface area contributed by atoms with E-state index in [4.69, 9.17) is 11.3 Å². The molecule has 5 rings (SSSR count). The van der Waals surface area contributed by atoms with Gasteiger partial charge in [0.05, 0.1) is 19.8 Å². The lowest BCUT2D eigenvalue weighted by molar-refractivity contribution is 0.415. The molecule has 0 N–H and O–H groups in total. The quantitative estimate of drug-likeness (QED) is 0.123. The number of hydrogen-bond acceptors (Lipinski definition) is 3. The van der Waals surface area contributed by atoms with Crippen molar-refractivity contribution in [2.45, 2.75) is 0 Å². The molecule has 0 aliphatic heterocycles. The van der Waals surface area contributed by atoms with Crippen molar-refractivity contribution in [2.24, 2.45) is 0 Å². The molecule has 0 saturated heterocycles. The molecule has 0 spiro atoms. The van der Waals surface area contributed by atoms with Crippen LogP contribution in [0.4, 0.5) is 0 Å². The van der Waals surface area contributed by atoms with Crippen LogP contribution >= 0.6 is 0 Å². The fraction of sp³-hybridized carbons (Fsp3) is 0.0278. The molecule has 1 heterocycles. The average Bonchev–Trinajstić information content (AvgIpc) is 3.03. The van der Waals surface area contributed by atoms with Crippen molar-refractivity contribution in [1.29, 1.82) is 5.26 Å². The first-order valence-corrected chi connectivity index (χ1v) is 12.7. The Morgan fingerprint density at radius 1 is 0.775 bits per heavy atom. The maximum Gasteiger partial charge on any atom is 0.269 e. The molecule has 0 saturated carbocycles. The van der Waals surface area contributed by atoms with Gasteiger partial charge in [0.1, 0.15) is 5.75 Å². The Morgan fingerprint density at radius 3 is 2.00 bits per heavy atom. The summed E-state index contributed by atoms with van der Waals surface area (Å²) in [7, 11) is 1.66. The largest absolute Gasteiger partial charge is 0.497 e. The van der Waals surface area contributed by atoms with Gasteiger partial charge >= 0.3 is 0 Å². The minimum Gasteiger partial charge on any atom is -0.497 e. The molecule has 190 valence electrons. The number of benzene rings is 4. The molecule has 4 heteroatoms. The van der Waals surface area contributed by atoms with Crippen LogP contribution in [0, 0.1) is 17.9 Å². The molecular weight excluding hydrogens is 490 g/mol. The van der Waals surface area contributed by atoms with Crippen LogP contribution in [0.5, 0.6) is 5.75 Å². The Balaban J connectivity index is 1.35. The average molecular weight is 516 g/mol. The number of pyridine rings is 1. The van der Waals surface area contributed by atoms with E-state index in [2.05, 4.69) is 46.2 Å². The molecule has 0 amide bonds. The predicted octanol–water partition coefficient (Wildman–Crippen LogP) is 9.00. The minimum absolute atomic E-state index is 0.0544. The predicted molar refractivity (Wildman–Crippen MR) is 163 cm³/mol. The smallest absolute Gasteiger partial charge is 0.269 e. The lowest BCUT2D eigenvalue weighted by Gasteiger charge is -2.08. The standard InChI is InChI=1S/C36H25N3O/c1-38-36(25-37)35(6-4-3-5-26-7-8-33-24-34(40-2)18-17-32(33)23-26)31-15-13-28(14-16-31)27-9-11-29(12-10-27)30-19-21-39-22-20-30/h3-24H,2H3. The van der Waals surface area contributed by atoms with Gasteiger partial charge < -0.3 is 4.74 Å². The Kier molecular flexibility index (Phi) is 7.92. The molecule has 0 aliphatic rings. The molecule has 0 unspecified atom stereocenters. The second-order valence-electron chi connectivity index (χ2n) is 9.07. The van der Waals surface area contributed by atoms with E-state index in [1.54, 1.807) is 19.5 Å². The van der Waals surface area contributed by atoms with Crippen molar-refractivity contribution in [3.05, 3.63) is 156 Å². The molecule has 4 nitrogen and oxygen atoms in total. The number of fused-ring (bicyclic) bond motifs is 1. The molecule has 0 fully saturated rings. The second-order valence-corrected chi connectivity index (χ2v) is 9.07. The van der Waals surface area contributed by atoms with Crippen LogP contribution < -0.4 is 4.74 Å². The van der Waals surface area contributed by atoms with E-state index >= 15 is 0 Å². The first-order chi connectivity index (χ1) is 19.7. The summed E-state index contributed by atoms with van der Waals surface area (Å²) < 4.78 is 5.30. The van der Waals surface area contributed by atoms with Crippen LogP contribution in [-0.2, 0) is 0 Å². The zero-order valence-corrected chi connectivity index (χ0v) is 22.0. The van der Waals surface area contributed by atoms with Crippen LogP contribution in [0.3, 0.4) is 0 Å². The van der Waals surface area contributed by atoms with Crippen molar-refractivity contribution < 1.29 is 4.74 Å². The van der Waals surface area contributed by atoms with Gasteiger partial charge in [-0.3, -0.25) is 4.98 Å². The number of allylic oxidation sites excluding steroid dienone is 5. The van der Waals surface area contributed by atoms with E-state index in [9.17, 15) is 5.26 Å². The highest BCUT2D eigenvalue weighted by Gasteiger charge is 2.08. The third-order valence-electron chi connectivity index (χ3n) is 6.63. The van der Waals surface area contributed by atoms with Gasteiger partial charge in [-0.25, -0.2) is 10.1 Å². The second kappa shape index (κ2) is 12.2. The fourth-order valence-electron chi connectivity index (χ4n) is 4.49. The summed E-state index contributed by atoms with van der Waals surface area (Å²) in [5, 5.41) is 11.8. The zero-order valence-electron chi connectivity index (χ0n) is 22.0. The summed E-state index contributed by atoms with van der Waals surface area (Å²) in [6.07, 6.45) is 11.2. The van der Waals surface area contributed by atoms with Crippen molar-refractivity contribution in [3.63, 3.8) is 0 Å². The molecule has 0 bridgehead atoms. The van der Waals surface area contributed by atoms with Crippen molar-refractivity contribution in [2.75, 3.05) is 7.11 Å². The minimum atomic E-state index is 0.0544. The topological polar surface area (TPSA) is 50.3 Å². The summed E-state index contributed by atoms with van der Waals surface area (Å²) in [6.45, 7) is 7.51. The Morgan fingerprint density at radius 2 is 1.38 bits per heavy atom. The first kappa shape index (κ1) is 25.9. The van der Waals surface area contributed by atoms with E-state index in [0.29, 0.717) is 5.57 Å². The van der Waals surface area contributed by atoms with Gasteiger partial charge in [-0.15, -0.1) is 0 Å². The van der Waals surface area contributed by atoms with Crippen LogP contribution in [-0.4, -0.2) is 12.1 Å². The third-order valence-corrected chi connectivity index (χ3v) is 6.63. The van der Waals surface area contributed by atoms with Crippen LogP contribution in [0.15, 0.2) is 133 Å². The molecule has 0 radical (unpaired) electrons. The Labute approximate surface area is 234 Å². The van der Waals surface area contributed by atoms with Gasteiger partial charge in [-0.1, -0.05) is 91.0 Å². The highest BCUT2D eigenvalue weighted by atomic mass is 16.5. The SMILES string of the molecule is [C-]#[N+]C(C#N)=C(C=CC=Cc1ccc2cc(OC)ccc2c1)c1ccc(-c2ccc(-c3ccncc3)cc2)cc1. The number of ether oxygens (including phenoxy) is 1. The molecule has 5 aromatic rings. The van der Waals surface area contributed by atoms with E-state index in [0.717, 1.165) is 49.9 Å². The number of aromatic nitrogens is 1. The van der Waals surface area contributed by atoms with E-state index in [-0.39, 0.29) is 5.70 Å². The number of hydrogen-bond donors (Lipinski definition) is 0. The summed E-state index contributed by atoms with van der Waals surface area (Å²) in [5.74, 6) is 0.832. The monoisotopic (exact) mass is 515 g/mol. The summed E-state index contributed by atoms with van der Waals surface area (Å²) in [5.41, 5.74) is 6.91. The molecule has 4 aromatic carbocycles. The van der Waals surface area contributed by atoms with Crippen LogP contribution in [0.2, 0.25) is 0 Å². The molecule has 0 aliphatic carbocycles. The van der Waals surface area contributed by atoms with E-state index < -0.39 is 0 Å². The van der Waals surface area contributed by atoms with Gasteiger partial charge in [-0.05, 0) is 80.1 Å². The van der Waals surface area contributed by atoms with Gasteiger partial charge in [0, 0.05) is 12.4 Å². The van der Waals surface area contributed by atoms with Crippen LogP contribution in [0.1, 0.15) is 11.1 Å². The number of nitriles is 1. The first-order valence-electron chi connectivity index (χ1n) is 12.7. The van der Waals surface area contributed by atoms with Gasteiger partial charge in [0.15, 0.2) is 0 Å². The summed E-state index contributed by atoms with van der Waals surface area (Å²) >= 11 is 0. The Bertz CT molecular complexity index is 1800. The lowest BCUT2D eigenvalue weighted by Crippen LogP contribution is -1.87. The van der Waals surface area contributed by atoms with Crippen LogP contribution in [0.25, 0.3) is 49.5 Å². The number of rotatable bonds is 7. The lowest BCUT2D eigenvalue weighted by atomic mass is 9.97. The maximum atomic E-state index is 9.60. The third kappa shape index (κ3) is 5.89. The molecule has 40 heavy (non-hydrogen) atoms. The highest BCUT2D eigenvalue weighted by Crippen LogP contribution is 2.28. The molecule has 0 atom stereocenters. The zero-order chi connectivity index (χ0) is 27.7. The van der Waals surface area contributed by atoms with Crippen molar-refractivity contribution in [1.82, 2.24) is 4.98 Å². The normalized spacial score (nSPS) is 11.8. The maximum absolute atomic E-state index is 9.60. The highest BCUT2D eigenvalue weighted by molar-refractivity contribution is 5.86. The van der Waals surface area contributed by atoms with Gasteiger partial charge in [0.2, 0.25) is 0 Å². The van der Waals surface area contributed by atoms with Gasteiger partial charge in [-0.2, -0.15) is 0 Å². The Hall–Kier alpha value is -5.71. The van der Waals surface area contributed by atoms with Gasteiger partial charge in [0.25, 0.3) is 5.70 Å².